The van der Waals surface area contributed by atoms with E-state index in [2.05, 4.69) is 5.32 Å². The van der Waals surface area contributed by atoms with Gasteiger partial charge in [-0.3, -0.25) is 4.79 Å². The maximum absolute atomic E-state index is 12.4. The number of benzene rings is 1. The minimum absolute atomic E-state index is 0.102. The minimum Gasteiger partial charge on any atom is -0.491 e. The van der Waals surface area contributed by atoms with Crippen LogP contribution in [0.3, 0.4) is 0 Å². The molecule has 0 bridgehead atoms. The highest BCUT2D eigenvalue weighted by Crippen LogP contribution is 2.19. The van der Waals surface area contributed by atoms with E-state index in [1.807, 2.05) is 38.1 Å². The zero-order valence-electron chi connectivity index (χ0n) is 16.0. The van der Waals surface area contributed by atoms with E-state index < -0.39 is 6.10 Å². The molecular formula is C19H29N3O4. The minimum atomic E-state index is -0.593. The highest BCUT2D eigenvalue weighted by atomic mass is 16.5. The molecule has 1 fully saturated rings. The predicted octanol–water partition coefficient (Wildman–Crippen LogP) is 1.51. The lowest BCUT2D eigenvalue weighted by molar-refractivity contribution is -0.145. The van der Waals surface area contributed by atoms with Gasteiger partial charge in [0.25, 0.3) is 5.91 Å². The van der Waals surface area contributed by atoms with Gasteiger partial charge >= 0.3 is 6.03 Å². The second-order valence-electron chi connectivity index (χ2n) is 6.79. The summed E-state index contributed by atoms with van der Waals surface area (Å²) in [6.45, 7) is 5.60. The van der Waals surface area contributed by atoms with Gasteiger partial charge in [-0.2, -0.15) is 0 Å². The molecule has 7 nitrogen and oxygen atoms in total. The van der Waals surface area contributed by atoms with E-state index in [0.717, 1.165) is 11.3 Å². The second kappa shape index (κ2) is 9.43. The average molecular weight is 363 g/mol. The van der Waals surface area contributed by atoms with Crippen molar-refractivity contribution in [3.05, 3.63) is 29.8 Å². The van der Waals surface area contributed by atoms with Crippen LogP contribution < -0.4 is 10.1 Å². The first-order valence-electron chi connectivity index (χ1n) is 8.98. The molecule has 1 aliphatic rings. The van der Waals surface area contributed by atoms with Crippen molar-refractivity contribution in [3.8, 4) is 5.75 Å². The van der Waals surface area contributed by atoms with E-state index in [9.17, 15) is 9.59 Å². The number of likely N-dealkylation sites (N-methyl/N-ethyl adjacent to an activating group) is 1. The number of rotatable bonds is 6. The molecule has 1 aliphatic heterocycles. The molecule has 0 spiro atoms. The van der Waals surface area contributed by atoms with Crippen LogP contribution in [0.15, 0.2) is 24.3 Å². The number of amides is 3. The van der Waals surface area contributed by atoms with Gasteiger partial charge in [-0.05, 0) is 31.9 Å². The van der Waals surface area contributed by atoms with Crippen LogP contribution in [-0.2, 0) is 16.0 Å². The van der Waals surface area contributed by atoms with Crippen LogP contribution in [0.1, 0.15) is 19.4 Å². The molecule has 0 radical (unpaired) electrons. The van der Waals surface area contributed by atoms with E-state index in [-0.39, 0.29) is 24.6 Å². The molecule has 0 aliphatic carbocycles. The third-order valence-electron chi connectivity index (χ3n) is 4.08. The van der Waals surface area contributed by atoms with Crippen LogP contribution >= 0.6 is 0 Å². The molecule has 1 atom stereocenters. The fourth-order valence-electron chi connectivity index (χ4n) is 2.77. The first kappa shape index (κ1) is 20.0. The third-order valence-corrected chi connectivity index (χ3v) is 4.08. The number of carbonyl (C=O) groups excluding carboxylic acids is 2. The molecule has 1 saturated heterocycles. The smallest absolute Gasteiger partial charge is 0.317 e. The van der Waals surface area contributed by atoms with Gasteiger partial charge in [-0.1, -0.05) is 18.2 Å². The molecular weight excluding hydrogens is 334 g/mol. The summed E-state index contributed by atoms with van der Waals surface area (Å²) >= 11 is 0. The van der Waals surface area contributed by atoms with Gasteiger partial charge in [0.05, 0.1) is 19.3 Å². The van der Waals surface area contributed by atoms with Gasteiger partial charge in [0.1, 0.15) is 5.75 Å². The fraction of sp³-hybridized carbons (Fsp3) is 0.579. The Kier molecular flexibility index (Phi) is 7.26. The number of hydrogen-bond donors (Lipinski definition) is 1. The molecule has 1 aromatic rings. The highest BCUT2D eigenvalue weighted by Gasteiger charge is 2.30. The van der Waals surface area contributed by atoms with Crippen LogP contribution in [0.25, 0.3) is 0 Å². The third kappa shape index (κ3) is 5.62. The molecule has 3 amide bonds. The van der Waals surface area contributed by atoms with Gasteiger partial charge in [0, 0.05) is 27.2 Å². The Morgan fingerprint density at radius 2 is 2.08 bits per heavy atom. The summed E-state index contributed by atoms with van der Waals surface area (Å²) in [6.07, 6.45) is 0.189. The van der Waals surface area contributed by atoms with Crippen LogP contribution in [-0.4, -0.2) is 74.3 Å². The van der Waals surface area contributed by atoms with Crippen molar-refractivity contribution in [2.75, 3.05) is 40.3 Å². The quantitative estimate of drug-likeness (QED) is 0.832. The summed E-state index contributed by atoms with van der Waals surface area (Å²) in [4.78, 5) is 27.5. The van der Waals surface area contributed by atoms with Gasteiger partial charge in [0.2, 0.25) is 0 Å². The normalized spacial score (nSPS) is 17.1. The zero-order chi connectivity index (χ0) is 19.1. The van der Waals surface area contributed by atoms with Crippen molar-refractivity contribution >= 4 is 11.9 Å². The number of ether oxygens (including phenoxy) is 2. The van der Waals surface area contributed by atoms with E-state index in [4.69, 9.17) is 9.47 Å². The monoisotopic (exact) mass is 363 g/mol. The van der Waals surface area contributed by atoms with E-state index in [0.29, 0.717) is 26.1 Å². The Labute approximate surface area is 155 Å². The van der Waals surface area contributed by atoms with Crippen molar-refractivity contribution < 1.29 is 19.1 Å². The Morgan fingerprint density at radius 3 is 2.77 bits per heavy atom. The van der Waals surface area contributed by atoms with Gasteiger partial charge in [-0.15, -0.1) is 0 Å². The fourth-order valence-corrected chi connectivity index (χ4v) is 2.77. The highest BCUT2D eigenvalue weighted by molar-refractivity contribution is 5.82. The SMILES string of the molecule is CC(C)Oc1ccccc1CCNC(=O)N1CCO[C@H](C(=O)N(C)C)C1. The number of para-hydroxylation sites is 1. The summed E-state index contributed by atoms with van der Waals surface area (Å²) in [5, 5.41) is 2.92. The molecule has 0 saturated carbocycles. The molecule has 2 rings (SSSR count). The molecule has 1 aromatic carbocycles. The van der Waals surface area contributed by atoms with E-state index >= 15 is 0 Å². The Bertz CT molecular complexity index is 619. The predicted molar refractivity (Wildman–Crippen MR) is 99.3 cm³/mol. The molecule has 1 heterocycles. The van der Waals surface area contributed by atoms with Crippen molar-refractivity contribution in [1.82, 2.24) is 15.1 Å². The molecule has 1 N–H and O–H groups in total. The second-order valence-corrected chi connectivity index (χ2v) is 6.79. The van der Waals surface area contributed by atoms with Crippen molar-refractivity contribution in [2.45, 2.75) is 32.5 Å². The lowest BCUT2D eigenvalue weighted by atomic mass is 10.1. The van der Waals surface area contributed by atoms with Crippen LogP contribution in [0.4, 0.5) is 4.79 Å². The lowest BCUT2D eigenvalue weighted by Crippen LogP contribution is -2.53. The number of nitrogens with zero attached hydrogens (tertiary/aromatic N) is 2. The van der Waals surface area contributed by atoms with E-state index in [1.54, 1.807) is 19.0 Å². The molecule has 0 aromatic heterocycles. The zero-order valence-corrected chi connectivity index (χ0v) is 16.0. The largest absolute Gasteiger partial charge is 0.491 e. The van der Waals surface area contributed by atoms with Crippen molar-refractivity contribution in [1.29, 1.82) is 0 Å². The molecule has 0 unspecified atom stereocenters. The Balaban J connectivity index is 1.84. The number of hydrogen-bond acceptors (Lipinski definition) is 4. The summed E-state index contributed by atoms with van der Waals surface area (Å²) in [7, 11) is 3.36. The number of carbonyl (C=O) groups is 2. The summed E-state index contributed by atoms with van der Waals surface area (Å²) in [6, 6.07) is 7.67. The van der Waals surface area contributed by atoms with E-state index in [1.165, 1.54) is 4.90 Å². The average Bonchev–Trinajstić information content (AvgIpc) is 2.62. The molecule has 144 valence electrons. The first-order chi connectivity index (χ1) is 12.4. The van der Waals surface area contributed by atoms with Gasteiger partial charge in [-0.25, -0.2) is 4.79 Å². The number of urea groups is 1. The summed E-state index contributed by atoms with van der Waals surface area (Å²) < 4.78 is 11.3. The van der Waals surface area contributed by atoms with Crippen molar-refractivity contribution in [3.63, 3.8) is 0 Å². The standard InChI is InChI=1S/C19H29N3O4/c1-14(2)26-16-8-6-5-7-15(16)9-10-20-19(24)22-11-12-25-17(13-22)18(23)21(3)4/h5-8,14,17H,9-13H2,1-4H3,(H,20,24)/t17-/m0/s1. The van der Waals surface area contributed by atoms with Gasteiger partial charge in [0.15, 0.2) is 6.10 Å². The topological polar surface area (TPSA) is 71.1 Å². The van der Waals surface area contributed by atoms with Crippen LogP contribution in [0, 0.1) is 0 Å². The molecule has 26 heavy (non-hydrogen) atoms. The summed E-state index contributed by atoms with van der Waals surface area (Å²) in [5.74, 6) is 0.724. The Hall–Kier alpha value is -2.28. The van der Waals surface area contributed by atoms with Crippen LogP contribution in [0.5, 0.6) is 5.75 Å². The number of nitrogens with one attached hydrogen (secondary N) is 1. The number of morpholine rings is 1. The van der Waals surface area contributed by atoms with Crippen LogP contribution in [0.2, 0.25) is 0 Å². The lowest BCUT2D eigenvalue weighted by Gasteiger charge is -2.33. The van der Waals surface area contributed by atoms with Gasteiger partial charge < -0.3 is 24.6 Å². The van der Waals surface area contributed by atoms with Crippen molar-refractivity contribution in [2.24, 2.45) is 0 Å². The summed E-state index contributed by atoms with van der Waals surface area (Å²) in [5.41, 5.74) is 1.06. The Morgan fingerprint density at radius 1 is 1.35 bits per heavy atom. The maximum atomic E-state index is 12.4. The first-order valence-corrected chi connectivity index (χ1v) is 8.98. The maximum Gasteiger partial charge on any atom is 0.317 e. The molecule has 7 heteroatoms.